The lowest BCUT2D eigenvalue weighted by atomic mass is 9.92. The Balaban J connectivity index is 2.58. The van der Waals surface area contributed by atoms with Crippen molar-refractivity contribution in [1.82, 2.24) is 0 Å². The Kier molecular flexibility index (Phi) is 3.18. The Morgan fingerprint density at radius 1 is 1.38 bits per heavy atom. The van der Waals surface area contributed by atoms with Crippen molar-refractivity contribution in [3.05, 3.63) is 23.8 Å². The first-order valence-corrected chi connectivity index (χ1v) is 4.46. The second kappa shape index (κ2) is 4.17. The second-order valence-electron chi connectivity index (χ2n) is 3.44. The van der Waals surface area contributed by atoms with Gasteiger partial charge in [0.1, 0.15) is 11.6 Å². The van der Waals surface area contributed by atoms with E-state index in [1.165, 1.54) is 19.4 Å². The maximum atomic E-state index is 11.1. The molecule has 13 heavy (non-hydrogen) atoms. The minimum absolute atomic E-state index is 0.0275. The molecule has 0 aliphatic heterocycles. The van der Waals surface area contributed by atoms with Crippen LogP contribution in [0.5, 0.6) is 0 Å². The molecule has 0 aromatic rings. The average molecular weight is 178 g/mol. The molecule has 0 radical (unpaired) electrons. The quantitative estimate of drug-likeness (QED) is 0.617. The van der Waals surface area contributed by atoms with E-state index < -0.39 is 5.92 Å². The lowest BCUT2D eigenvalue weighted by Gasteiger charge is -2.10. The highest BCUT2D eigenvalue weighted by molar-refractivity contribution is 6.00. The highest BCUT2D eigenvalue weighted by Crippen LogP contribution is 2.20. The van der Waals surface area contributed by atoms with Gasteiger partial charge in [0, 0.05) is 0 Å². The number of carbonyl (C=O) groups excluding carboxylic acids is 2. The van der Waals surface area contributed by atoms with Crippen LogP contribution in [0.2, 0.25) is 0 Å². The summed E-state index contributed by atoms with van der Waals surface area (Å²) >= 11 is 0. The summed E-state index contributed by atoms with van der Waals surface area (Å²) in [5.74, 6) is -0.480. The Morgan fingerprint density at radius 2 is 2.00 bits per heavy atom. The van der Waals surface area contributed by atoms with Gasteiger partial charge in [0.05, 0.1) is 5.92 Å². The van der Waals surface area contributed by atoms with E-state index in [4.69, 9.17) is 0 Å². The normalized spacial score (nSPS) is 14.8. The predicted molar refractivity (Wildman–Crippen MR) is 51.3 cm³/mol. The van der Waals surface area contributed by atoms with Crippen molar-refractivity contribution in [2.75, 3.05) is 0 Å². The molecular weight excluding hydrogens is 164 g/mol. The van der Waals surface area contributed by atoms with Crippen molar-refractivity contribution in [3.63, 3.8) is 0 Å². The molecule has 0 fully saturated rings. The van der Waals surface area contributed by atoms with E-state index in [2.05, 4.69) is 0 Å². The third kappa shape index (κ3) is 2.65. The van der Waals surface area contributed by atoms with Gasteiger partial charge in [-0.25, -0.2) is 0 Å². The fraction of sp³-hybridized carbons (Fsp3) is 0.455. The summed E-state index contributed by atoms with van der Waals surface area (Å²) < 4.78 is 0. The zero-order chi connectivity index (χ0) is 9.84. The van der Waals surface area contributed by atoms with Crippen LogP contribution in [0.15, 0.2) is 23.8 Å². The maximum absolute atomic E-state index is 11.1. The number of hydrogen-bond donors (Lipinski definition) is 0. The summed E-state index contributed by atoms with van der Waals surface area (Å²) in [7, 11) is 0. The molecule has 1 rings (SSSR count). The van der Waals surface area contributed by atoms with Gasteiger partial charge in [-0.3, -0.25) is 9.59 Å². The molecular formula is C11H14O2. The van der Waals surface area contributed by atoms with Crippen molar-refractivity contribution in [2.24, 2.45) is 5.92 Å². The van der Waals surface area contributed by atoms with Crippen LogP contribution in [0, 0.1) is 5.92 Å². The predicted octanol–water partition coefficient (Wildman–Crippen LogP) is 2.06. The van der Waals surface area contributed by atoms with Crippen LogP contribution in [0.3, 0.4) is 0 Å². The summed E-state index contributed by atoms with van der Waals surface area (Å²) in [5, 5.41) is 0. The number of rotatable bonds is 4. The smallest absolute Gasteiger partial charge is 0.140 e. The highest BCUT2D eigenvalue weighted by atomic mass is 16.1. The molecule has 0 N–H and O–H groups in total. The third-order valence-electron chi connectivity index (χ3n) is 2.30. The van der Waals surface area contributed by atoms with Crippen LogP contribution in [-0.2, 0) is 9.59 Å². The SMILES string of the molecule is CC(=O)C(CC1=CC=CC1)C(C)=O. The van der Waals surface area contributed by atoms with Crippen LogP contribution in [-0.4, -0.2) is 11.6 Å². The second-order valence-corrected chi connectivity index (χ2v) is 3.44. The molecule has 0 aromatic carbocycles. The summed E-state index contributed by atoms with van der Waals surface area (Å²) in [6, 6.07) is 0. The molecule has 0 amide bonds. The molecule has 1 aliphatic rings. The van der Waals surface area contributed by atoms with E-state index in [-0.39, 0.29) is 11.6 Å². The number of hydrogen-bond acceptors (Lipinski definition) is 2. The van der Waals surface area contributed by atoms with E-state index >= 15 is 0 Å². The van der Waals surface area contributed by atoms with Crippen molar-refractivity contribution in [2.45, 2.75) is 26.7 Å². The highest BCUT2D eigenvalue weighted by Gasteiger charge is 2.20. The van der Waals surface area contributed by atoms with Gasteiger partial charge in [-0.05, 0) is 26.7 Å². The summed E-state index contributed by atoms with van der Waals surface area (Å²) in [6.45, 7) is 2.96. The Labute approximate surface area is 78.3 Å². The molecule has 0 saturated carbocycles. The molecule has 70 valence electrons. The third-order valence-corrected chi connectivity index (χ3v) is 2.30. The van der Waals surface area contributed by atoms with E-state index in [1.54, 1.807) is 0 Å². The zero-order valence-corrected chi connectivity index (χ0v) is 8.04. The number of allylic oxidation sites excluding steroid dienone is 4. The van der Waals surface area contributed by atoms with Gasteiger partial charge in [0.15, 0.2) is 0 Å². The lowest BCUT2D eigenvalue weighted by molar-refractivity contribution is -0.130. The molecule has 0 aromatic heterocycles. The van der Waals surface area contributed by atoms with Gasteiger partial charge >= 0.3 is 0 Å². The monoisotopic (exact) mass is 178 g/mol. The van der Waals surface area contributed by atoms with Gasteiger partial charge < -0.3 is 0 Å². The number of Topliss-reactive ketones (excluding diaryl/α,β-unsaturated/α-hetero) is 2. The average Bonchev–Trinajstić information content (AvgIpc) is 2.50. The van der Waals surface area contributed by atoms with Crippen LogP contribution < -0.4 is 0 Å². The van der Waals surface area contributed by atoms with E-state index in [1.807, 2.05) is 18.2 Å². The molecule has 0 unspecified atom stereocenters. The van der Waals surface area contributed by atoms with Gasteiger partial charge in [-0.15, -0.1) is 0 Å². The maximum Gasteiger partial charge on any atom is 0.140 e. The number of carbonyl (C=O) groups is 2. The summed E-state index contributed by atoms with van der Waals surface area (Å²) in [4.78, 5) is 22.2. The molecule has 2 nitrogen and oxygen atoms in total. The molecule has 2 heteroatoms. The minimum atomic E-state index is -0.425. The van der Waals surface area contributed by atoms with Gasteiger partial charge in [-0.1, -0.05) is 23.8 Å². The minimum Gasteiger partial charge on any atom is -0.299 e. The van der Waals surface area contributed by atoms with Crippen LogP contribution in [0.25, 0.3) is 0 Å². The zero-order valence-electron chi connectivity index (χ0n) is 8.04. The van der Waals surface area contributed by atoms with E-state index in [0.717, 1.165) is 6.42 Å². The van der Waals surface area contributed by atoms with Crippen LogP contribution >= 0.6 is 0 Å². The van der Waals surface area contributed by atoms with Gasteiger partial charge in [0.2, 0.25) is 0 Å². The van der Waals surface area contributed by atoms with Gasteiger partial charge in [0.25, 0.3) is 0 Å². The summed E-state index contributed by atoms with van der Waals surface area (Å²) in [6.07, 6.45) is 7.47. The van der Waals surface area contributed by atoms with Crippen molar-refractivity contribution in [3.8, 4) is 0 Å². The van der Waals surface area contributed by atoms with Crippen LogP contribution in [0.1, 0.15) is 26.7 Å². The Morgan fingerprint density at radius 3 is 2.38 bits per heavy atom. The van der Waals surface area contributed by atoms with E-state index in [0.29, 0.717) is 6.42 Å². The topological polar surface area (TPSA) is 34.1 Å². The van der Waals surface area contributed by atoms with Gasteiger partial charge in [-0.2, -0.15) is 0 Å². The first kappa shape index (κ1) is 9.90. The standard InChI is InChI=1S/C11H14O2/c1-8(12)11(9(2)13)7-10-5-3-4-6-10/h3-5,11H,6-7H2,1-2H3. The Bertz CT molecular complexity index is 270. The lowest BCUT2D eigenvalue weighted by Crippen LogP contribution is -2.19. The van der Waals surface area contributed by atoms with Crippen molar-refractivity contribution >= 4 is 11.6 Å². The Hall–Kier alpha value is -1.18. The fourth-order valence-electron chi connectivity index (χ4n) is 1.48. The van der Waals surface area contributed by atoms with Crippen molar-refractivity contribution < 1.29 is 9.59 Å². The summed E-state index contributed by atoms with van der Waals surface area (Å²) in [5.41, 5.74) is 1.18. The van der Waals surface area contributed by atoms with Crippen LogP contribution in [0.4, 0.5) is 0 Å². The first-order chi connectivity index (χ1) is 6.11. The molecule has 0 atom stereocenters. The molecule has 1 aliphatic carbocycles. The molecule has 0 heterocycles. The number of ketones is 2. The molecule has 0 saturated heterocycles. The van der Waals surface area contributed by atoms with E-state index in [9.17, 15) is 9.59 Å². The fourth-order valence-corrected chi connectivity index (χ4v) is 1.48. The molecule has 0 bridgehead atoms. The largest absolute Gasteiger partial charge is 0.299 e. The first-order valence-electron chi connectivity index (χ1n) is 4.46. The molecule has 0 spiro atoms. The van der Waals surface area contributed by atoms with Crippen molar-refractivity contribution in [1.29, 1.82) is 0 Å².